The first-order valence-corrected chi connectivity index (χ1v) is 4.82. The van der Waals surface area contributed by atoms with E-state index < -0.39 is 4.92 Å². The number of non-ortho nitro benzene ring substituents is 1. The van der Waals surface area contributed by atoms with E-state index in [0.29, 0.717) is 18.7 Å². The summed E-state index contributed by atoms with van der Waals surface area (Å²) in [6, 6.07) is 5.86. The smallest absolute Gasteiger partial charge is 0.271 e. The lowest BCUT2D eigenvalue weighted by Gasteiger charge is -2.04. The molecule has 2 N–H and O–H groups in total. The zero-order chi connectivity index (χ0) is 12.0. The van der Waals surface area contributed by atoms with E-state index in [4.69, 9.17) is 0 Å². The highest BCUT2D eigenvalue weighted by atomic mass is 16.6. The number of nitrogens with one attached hydrogen (secondary N) is 2. The summed E-state index contributed by atoms with van der Waals surface area (Å²) in [6.07, 6.45) is 0.333. The molecule has 16 heavy (non-hydrogen) atoms. The summed E-state index contributed by atoms with van der Waals surface area (Å²) in [5.41, 5.74) is 0.404. The molecule has 0 heterocycles. The highest BCUT2D eigenvalue weighted by molar-refractivity contribution is 5.91. The van der Waals surface area contributed by atoms with E-state index in [1.165, 1.54) is 18.2 Å². The van der Waals surface area contributed by atoms with Crippen molar-refractivity contribution in [3.8, 4) is 0 Å². The van der Waals surface area contributed by atoms with Crippen molar-refractivity contribution >= 4 is 17.3 Å². The minimum Gasteiger partial charge on any atom is -0.326 e. The molecule has 0 radical (unpaired) electrons. The van der Waals surface area contributed by atoms with Gasteiger partial charge in [0.15, 0.2) is 0 Å². The highest BCUT2D eigenvalue weighted by Gasteiger charge is 2.07. The van der Waals surface area contributed by atoms with Crippen LogP contribution in [0.25, 0.3) is 0 Å². The number of carbonyl (C=O) groups is 1. The number of rotatable bonds is 5. The average molecular weight is 223 g/mol. The third-order valence-electron chi connectivity index (χ3n) is 1.94. The first-order valence-electron chi connectivity index (χ1n) is 4.82. The molecule has 0 saturated carbocycles. The van der Waals surface area contributed by atoms with Gasteiger partial charge in [0.2, 0.25) is 5.91 Å². The normalized spacial score (nSPS) is 9.81. The lowest BCUT2D eigenvalue weighted by atomic mass is 10.2. The quantitative estimate of drug-likeness (QED) is 0.579. The molecule has 1 rings (SSSR count). The monoisotopic (exact) mass is 223 g/mol. The van der Waals surface area contributed by atoms with Crippen LogP contribution in [0.5, 0.6) is 0 Å². The Labute approximate surface area is 92.8 Å². The molecule has 0 aliphatic heterocycles. The summed E-state index contributed by atoms with van der Waals surface area (Å²) in [6.45, 7) is 0.570. The zero-order valence-electron chi connectivity index (χ0n) is 8.90. The SMILES string of the molecule is CNCCC(=O)Nc1cccc([N+](=O)[O-])c1. The second-order valence-electron chi connectivity index (χ2n) is 3.21. The van der Waals surface area contributed by atoms with E-state index in [-0.39, 0.29) is 11.6 Å². The maximum absolute atomic E-state index is 11.3. The third kappa shape index (κ3) is 3.66. The molecule has 1 aromatic carbocycles. The van der Waals surface area contributed by atoms with Crippen LogP contribution in [0.1, 0.15) is 6.42 Å². The number of benzene rings is 1. The van der Waals surface area contributed by atoms with E-state index in [0.717, 1.165) is 0 Å². The standard InChI is InChI=1S/C10H13N3O3/c1-11-6-5-10(14)12-8-3-2-4-9(7-8)13(15)16/h2-4,7,11H,5-6H2,1H3,(H,12,14). The molecule has 1 amide bonds. The molecule has 0 fully saturated rings. The number of anilines is 1. The first-order chi connectivity index (χ1) is 7.63. The number of amides is 1. The molecule has 0 spiro atoms. The Kier molecular flexibility index (Phi) is 4.41. The van der Waals surface area contributed by atoms with E-state index in [1.54, 1.807) is 13.1 Å². The van der Waals surface area contributed by atoms with Crippen LogP contribution >= 0.6 is 0 Å². The predicted octanol–water partition coefficient (Wildman–Crippen LogP) is 1.14. The van der Waals surface area contributed by atoms with Crippen LogP contribution in [0.2, 0.25) is 0 Å². The number of nitrogens with zero attached hydrogens (tertiary/aromatic N) is 1. The van der Waals surface area contributed by atoms with Crippen molar-refractivity contribution in [3.05, 3.63) is 34.4 Å². The minimum absolute atomic E-state index is 0.0357. The summed E-state index contributed by atoms with van der Waals surface area (Å²) in [5.74, 6) is -0.171. The van der Waals surface area contributed by atoms with Crippen molar-refractivity contribution in [2.24, 2.45) is 0 Å². The second kappa shape index (κ2) is 5.82. The number of nitro benzene ring substituents is 1. The number of nitro groups is 1. The Morgan fingerprint density at radius 1 is 1.50 bits per heavy atom. The summed E-state index contributed by atoms with van der Waals surface area (Å²) >= 11 is 0. The van der Waals surface area contributed by atoms with Crippen molar-refractivity contribution in [1.82, 2.24) is 5.32 Å². The molecule has 0 unspecified atom stereocenters. The highest BCUT2D eigenvalue weighted by Crippen LogP contribution is 2.16. The van der Waals surface area contributed by atoms with Gasteiger partial charge < -0.3 is 10.6 Å². The van der Waals surface area contributed by atoms with Crippen molar-refractivity contribution in [3.63, 3.8) is 0 Å². The molecule has 0 aliphatic carbocycles. The van der Waals surface area contributed by atoms with Gasteiger partial charge in [-0.15, -0.1) is 0 Å². The summed E-state index contributed by atoms with van der Waals surface area (Å²) in [7, 11) is 1.75. The van der Waals surface area contributed by atoms with Crippen molar-refractivity contribution < 1.29 is 9.72 Å². The van der Waals surface area contributed by atoms with Gasteiger partial charge in [-0.05, 0) is 13.1 Å². The summed E-state index contributed by atoms with van der Waals surface area (Å²) < 4.78 is 0. The van der Waals surface area contributed by atoms with Gasteiger partial charge in [0.1, 0.15) is 0 Å². The van der Waals surface area contributed by atoms with Crippen LogP contribution in [0.3, 0.4) is 0 Å². The van der Waals surface area contributed by atoms with E-state index >= 15 is 0 Å². The number of hydrogen-bond acceptors (Lipinski definition) is 4. The van der Waals surface area contributed by atoms with Crippen LogP contribution in [0.4, 0.5) is 11.4 Å². The van der Waals surface area contributed by atoms with Gasteiger partial charge in [-0.3, -0.25) is 14.9 Å². The van der Waals surface area contributed by atoms with Gasteiger partial charge in [-0.1, -0.05) is 6.07 Å². The first kappa shape index (κ1) is 12.1. The summed E-state index contributed by atoms with van der Waals surface area (Å²) in [5, 5.41) is 15.9. The molecular weight excluding hydrogens is 210 g/mol. The average Bonchev–Trinajstić information content (AvgIpc) is 2.26. The predicted molar refractivity (Wildman–Crippen MR) is 60.3 cm³/mol. The Morgan fingerprint density at radius 3 is 2.88 bits per heavy atom. The van der Waals surface area contributed by atoms with Crippen LogP contribution in [0, 0.1) is 10.1 Å². The number of carbonyl (C=O) groups excluding carboxylic acids is 1. The molecule has 6 heteroatoms. The van der Waals surface area contributed by atoms with E-state index in [1.807, 2.05) is 0 Å². The molecule has 86 valence electrons. The Balaban J connectivity index is 2.63. The fourth-order valence-electron chi connectivity index (χ4n) is 1.16. The molecule has 0 aromatic heterocycles. The molecule has 0 bridgehead atoms. The van der Waals surface area contributed by atoms with Crippen LogP contribution in [-0.2, 0) is 4.79 Å². The topological polar surface area (TPSA) is 84.3 Å². The maximum Gasteiger partial charge on any atom is 0.271 e. The molecule has 0 saturated heterocycles. The minimum atomic E-state index is -0.497. The molecular formula is C10H13N3O3. The molecule has 0 aliphatic rings. The largest absolute Gasteiger partial charge is 0.326 e. The van der Waals surface area contributed by atoms with E-state index in [2.05, 4.69) is 10.6 Å². The van der Waals surface area contributed by atoms with Gasteiger partial charge in [-0.2, -0.15) is 0 Å². The fraction of sp³-hybridized carbons (Fsp3) is 0.300. The van der Waals surface area contributed by atoms with Crippen molar-refractivity contribution in [2.75, 3.05) is 18.9 Å². The fourth-order valence-corrected chi connectivity index (χ4v) is 1.16. The van der Waals surface area contributed by atoms with Crippen molar-refractivity contribution in [1.29, 1.82) is 0 Å². The Bertz CT molecular complexity index is 393. The molecule has 0 atom stereocenters. The van der Waals surface area contributed by atoms with Crippen LogP contribution in [-0.4, -0.2) is 24.4 Å². The summed E-state index contributed by atoms with van der Waals surface area (Å²) in [4.78, 5) is 21.3. The van der Waals surface area contributed by atoms with Crippen LogP contribution in [0.15, 0.2) is 24.3 Å². The lowest BCUT2D eigenvalue weighted by molar-refractivity contribution is -0.384. The lowest BCUT2D eigenvalue weighted by Crippen LogP contribution is -2.18. The van der Waals surface area contributed by atoms with Gasteiger partial charge in [0.25, 0.3) is 5.69 Å². The number of hydrogen-bond donors (Lipinski definition) is 2. The van der Waals surface area contributed by atoms with Gasteiger partial charge >= 0.3 is 0 Å². The van der Waals surface area contributed by atoms with Gasteiger partial charge in [0.05, 0.1) is 4.92 Å². The van der Waals surface area contributed by atoms with Crippen molar-refractivity contribution in [2.45, 2.75) is 6.42 Å². The van der Waals surface area contributed by atoms with Crippen LogP contribution < -0.4 is 10.6 Å². The van der Waals surface area contributed by atoms with Gasteiger partial charge in [-0.25, -0.2) is 0 Å². The zero-order valence-corrected chi connectivity index (χ0v) is 8.90. The van der Waals surface area contributed by atoms with E-state index in [9.17, 15) is 14.9 Å². The second-order valence-corrected chi connectivity index (χ2v) is 3.21. The third-order valence-corrected chi connectivity index (χ3v) is 1.94. The Morgan fingerprint density at radius 2 is 2.25 bits per heavy atom. The molecule has 6 nitrogen and oxygen atoms in total. The van der Waals surface area contributed by atoms with Gasteiger partial charge in [0, 0.05) is 30.8 Å². The maximum atomic E-state index is 11.3. The Hall–Kier alpha value is -1.95. The molecule has 1 aromatic rings.